The van der Waals surface area contributed by atoms with Crippen molar-refractivity contribution in [2.75, 3.05) is 0 Å². The van der Waals surface area contributed by atoms with E-state index in [-0.39, 0.29) is 0 Å². The molecule has 0 fully saturated rings. The topological polar surface area (TPSA) is 0 Å². The van der Waals surface area contributed by atoms with Crippen molar-refractivity contribution in [3.63, 3.8) is 0 Å². The molecule has 1 aromatic carbocycles. The van der Waals surface area contributed by atoms with Crippen LogP contribution in [0.3, 0.4) is 0 Å². The molecule has 0 N–H and O–H groups in total. The summed E-state index contributed by atoms with van der Waals surface area (Å²) in [7, 11) is 1.17. The molecule has 0 unspecified atom stereocenters. The molecule has 0 nitrogen and oxygen atoms in total. The van der Waals surface area contributed by atoms with Gasteiger partial charge in [0.2, 0.25) is 0 Å². The molecule has 0 radical (unpaired) electrons. The predicted octanol–water partition coefficient (Wildman–Crippen LogP) is 2.50. The Morgan fingerprint density at radius 3 is 2.06 bits per heavy atom. The molecule has 86 valence electrons. The standard InChI is InChI=1S/C9H14Si.C6H8/c1-6-4-5-9(10)8(3)7(6)2;1-6-4-2-3-5-6/h4-5H,1-3,10H3;2,4-5H,3H2,1H3. The maximum atomic E-state index is 2.24. The minimum absolute atomic E-state index is 1.14. The summed E-state index contributed by atoms with van der Waals surface area (Å²) in [6, 6.07) is 4.45. The molecule has 0 aliphatic heterocycles. The lowest BCUT2D eigenvalue weighted by atomic mass is 10.1. The SMILES string of the molecule is CC1=CCC=C1.Cc1ccc([SiH3])c(C)c1C. The van der Waals surface area contributed by atoms with Crippen LogP contribution in [0.2, 0.25) is 0 Å². The zero-order valence-electron chi connectivity index (χ0n) is 11.1. The number of allylic oxidation sites excluding steroid dienone is 4. The van der Waals surface area contributed by atoms with Crippen molar-refractivity contribution < 1.29 is 0 Å². The highest BCUT2D eigenvalue weighted by atomic mass is 28.1. The Hall–Kier alpha value is -1.08. The first kappa shape index (κ1) is 13.0. The molecule has 0 saturated carbocycles. The first-order valence-electron chi connectivity index (χ1n) is 5.89. The second-order valence-electron chi connectivity index (χ2n) is 4.54. The van der Waals surface area contributed by atoms with Crippen LogP contribution in [0.5, 0.6) is 0 Å². The smallest absolute Gasteiger partial charge is 0.0388 e. The molecule has 0 bridgehead atoms. The van der Waals surface area contributed by atoms with Crippen LogP contribution < -0.4 is 5.19 Å². The Bertz CT molecular complexity index is 396. The number of aryl methyl sites for hydroxylation is 1. The predicted molar refractivity (Wildman–Crippen MR) is 77.7 cm³/mol. The van der Waals surface area contributed by atoms with Gasteiger partial charge in [-0.1, -0.05) is 41.1 Å². The molecule has 1 heteroatoms. The fourth-order valence-electron chi connectivity index (χ4n) is 1.67. The van der Waals surface area contributed by atoms with Gasteiger partial charge in [0.1, 0.15) is 0 Å². The zero-order chi connectivity index (χ0) is 12.1. The van der Waals surface area contributed by atoms with Crippen molar-refractivity contribution in [1.82, 2.24) is 0 Å². The van der Waals surface area contributed by atoms with Gasteiger partial charge >= 0.3 is 0 Å². The summed E-state index contributed by atoms with van der Waals surface area (Å²) in [5.41, 5.74) is 5.77. The van der Waals surface area contributed by atoms with Gasteiger partial charge in [0.15, 0.2) is 0 Å². The van der Waals surface area contributed by atoms with E-state index in [0.717, 1.165) is 6.42 Å². The quantitative estimate of drug-likeness (QED) is 0.601. The van der Waals surface area contributed by atoms with E-state index >= 15 is 0 Å². The lowest BCUT2D eigenvalue weighted by molar-refractivity contribution is 1.28. The van der Waals surface area contributed by atoms with Gasteiger partial charge in [-0.3, -0.25) is 0 Å². The molecule has 16 heavy (non-hydrogen) atoms. The molecular weight excluding hydrogens is 208 g/mol. The zero-order valence-corrected chi connectivity index (χ0v) is 13.1. The van der Waals surface area contributed by atoms with Crippen molar-refractivity contribution in [2.45, 2.75) is 34.1 Å². The monoisotopic (exact) mass is 230 g/mol. The number of rotatable bonds is 0. The van der Waals surface area contributed by atoms with Crippen LogP contribution in [0.1, 0.15) is 30.0 Å². The molecule has 0 aromatic heterocycles. The average Bonchev–Trinajstić information content (AvgIpc) is 2.73. The third-order valence-corrected chi connectivity index (χ3v) is 4.37. The lowest BCUT2D eigenvalue weighted by Gasteiger charge is -2.06. The summed E-state index contributed by atoms with van der Waals surface area (Å²) < 4.78 is 0. The normalized spacial score (nSPS) is 13.4. The molecule has 1 aliphatic carbocycles. The van der Waals surface area contributed by atoms with E-state index in [4.69, 9.17) is 0 Å². The molecule has 0 amide bonds. The number of hydrogen-bond donors (Lipinski definition) is 0. The molecular formula is C15H22Si. The van der Waals surface area contributed by atoms with Crippen molar-refractivity contribution in [2.24, 2.45) is 0 Å². The third kappa shape index (κ3) is 3.49. The van der Waals surface area contributed by atoms with E-state index < -0.39 is 0 Å². The highest BCUT2D eigenvalue weighted by Crippen LogP contribution is 2.08. The Kier molecular flexibility index (Phi) is 4.75. The van der Waals surface area contributed by atoms with Crippen LogP contribution in [0, 0.1) is 20.8 Å². The van der Waals surface area contributed by atoms with Gasteiger partial charge in [0, 0.05) is 10.2 Å². The van der Waals surface area contributed by atoms with E-state index in [0.29, 0.717) is 0 Å². The maximum Gasteiger partial charge on any atom is 0.0388 e. The van der Waals surface area contributed by atoms with Gasteiger partial charge in [0.25, 0.3) is 0 Å². The second kappa shape index (κ2) is 5.85. The highest BCUT2D eigenvalue weighted by Gasteiger charge is 1.97. The van der Waals surface area contributed by atoms with Crippen LogP contribution in [-0.2, 0) is 0 Å². The summed E-state index contributed by atoms with van der Waals surface area (Å²) in [6.45, 7) is 8.70. The Balaban J connectivity index is 0.000000181. The van der Waals surface area contributed by atoms with Gasteiger partial charge in [-0.2, -0.15) is 0 Å². The second-order valence-corrected chi connectivity index (χ2v) is 5.61. The Morgan fingerprint density at radius 1 is 1.00 bits per heavy atom. The van der Waals surface area contributed by atoms with Gasteiger partial charge in [-0.05, 0) is 50.8 Å². The number of hydrogen-bond acceptors (Lipinski definition) is 0. The van der Waals surface area contributed by atoms with Crippen LogP contribution >= 0.6 is 0 Å². The molecule has 0 saturated heterocycles. The fraction of sp³-hybridized carbons (Fsp3) is 0.333. The van der Waals surface area contributed by atoms with E-state index in [1.807, 2.05) is 0 Å². The minimum Gasteiger partial charge on any atom is -0.0805 e. The summed E-state index contributed by atoms with van der Waals surface area (Å²) in [5.74, 6) is 0. The summed E-state index contributed by atoms with van der Waals surface area (Å²) in [4.78, 5) is 0. The van der Waals surface area contributed by atoms with Crippen molar-refractivity contribution >= 4 is 15.4 Å². The minimum atomic E-state index is 1.14. The molecule has 1 aliphatic rings. The summed E-state index contributed by atoms with van der Waals surface area (Å²) >= 11 is 0. The van der Waals surface area contributed by atoms with E-state index in [2.05, 4.69) is 58.1 Å². The third-order valence-electron chi connectivity index (χ3n) is 3.29. The Labute approximate surface area is 103 Å². The van der Waals surface area contributed by atoms with Crippen LogP contribution in [-0.4, -0.2) is 10.2 Å². The first-order valence-corrected chi connectivity index (χ1v) is 6.89. The van der Waals surface area contributed by atoms with Gasteiger partial charge in [0.05, 0.1) is 0 Å². The maximum absolute atomic E-state index is 2.24. The van der Waals surface area contributed by atoms with Crippen LogP contribution in [0.25, 0.3) is 0 Å². The van der Waals surface area contributed by atoms with E-state index in [1.54, 1.807) is 0 Å². The molecule has 0 atom stereocenters. The number of benzene rings is 1. The van der Waals surface area contributed by atoms with E-state index in [9.17, 15) is 0 Å². The van der Waals surface area contributed by atoms with Crippen molar-refractivity contribution in [3.8, 4) is 0 Å². The summed E-state index contributed by atoms with van der Waals surface area (Å²) in [5, 5.41) is 1.53. The molecule has 2 rings (SSSR count). The van der Waals surface area contributed by atoms with Crippen molar-refractivity contribution in [3.05, 3.63) is 52.6 Å². The molecule has 0 heterocycles. The molecule has 1 aromatic rings. The van der Waals surface area contributed by atoms with Gasteiger partial charge in [-0.15, -0.1) is 0 Å². The lowest BCUT2D eigenvalue weighted by Crippen LogP contribution is -2.08. The average molecular weight is 230 g/mol. The summed E-state index contributed by atoms with van der Waals surface area (Å²) in [6.07, 6.45) is 7.65. The van der Waals surface area contributed by atoms with Gasteiger partial charge < -0.3 is 0 Å². The van der Waals surface area contributed by atoms with Crippen LogP contribution in [0.4, 0.5) is 0 Å². The highest BCUT2D eigenvalue weighted by molar-refractivity contribution is 6.33. The van der Waals surface area contributed by atoms with Gasteiger partial charge in [-0.25, -0.2) is 0 Å². The van der Waals surface area contributed by atoms with E-state index in [1.165, 1.54) is 37.7 Å². The Morgan fingerprint density at radius 2 is 1.69 bits per heavy atom. The largest absolute Gasteiger partial charge is 0.0805 e. The van der Waals surface area contributed by atoms with Crippen molar-refractivity contribution in [1.29, 1.82) is 0 Å². The van der Waals surface area contributed by atoms with Crippen LogP contribution in [0.15, 0.2) is 35.9 Å². The fourth-order valence-corrected chi connectivity index (χ4v) is 2.21. The first-order chi connectivity index (χ1) is 7.52. The molecule has 0 spiro atoms.